The predicted octanol–water partition coefficient (Wildman–Crippen LogP) is 3.48. The molecule has 0 bridgehead atoms. The van der Waals surface area contributed by atoms with Crippen LogP contribution in [0.15, 0.2) is 41.4 Å². The maximum Gasteiger partial charge on any atom is 0.231 e. The molecule has 0 aliphatic carbocycles. The quantitative estimate of drug-likeness (QED) is 0.653. The lowest BCUT2D eigenvalue weighted by atomic mass is 10.2. The van der Waals surface area contributed by atoms with E-state index < -0.39 is 0 Å². The molecule has 2 aromatic rings. The molecular weight excluding hydrogens is 357 g/mol. The molecule has 2 aromatic carbocycles. The molecule has 1 heterocycles. The van der Waals surface area contributed by atoms with Gasteiger partial charge in [0.25, 0.3) is 0 Å². The van der Waals surface area contributed by atoms with E-state index in [9.17, 15) is 5.11 Å². The van der Waals surface area contributed by atoms with E-state index in [2.05, 4.69) is 27.6 Å². The van der Waals surface area contributed by atoms with Gasteiger partial charge in [0.1, 0.15) is 5.75 Å². The summed E-state index contributed by atoms with van der Waals surface area (Å²) in [5, 5.41) is 9.45. The first-order chi connectivity index (χ1) is 9.22. The third kappa shape index (κ3) is 2.65. The van der Waals surface area contributed by atoms with Gasteiger partial charge in [-0.15, -0.1) is 0 Å². The number of rotatable bonds is 2. The number of phenols is 1. The average Bonchev–Trinajstić information content (AvgIpc) is 2.87. The molecule has 0 aromatic heterocycles. The largest absolute Gasteiger partial charge is 0.507 e. The zero-order chi connectivity index (χ0) is 13.2. The summed E-state index contributed by atoms with van der Waals surface area (Å²) in [5.41, 5.74) is 1.73. The molecular formula is C14H10INO3. The second kappa shape index (κ2) is 5.08. The zero-order valence-electron chi connectivity index (χ0n) is 9.84. The molecule has 0 atom stereocenters. The SMILES string of the molecule is Oc1ccc(C=Nc2ccc3c(c2)OCO3)cc1I. The van der Waals surface area contributed by atoms with Gasteiger partial charge in [-0.2, -0.15) is 0 Å². The summed E-state index contributed by atoms with van der Waals surface area (Å²) >= 11 is 2.08. The van der Waals surface area contributed by atoms with E-state index in [1.54, 1.807) is 12.3 Å². The van der Waals surface area contributed by atoms with Crippen molar-refractivity contribution < 1.29 is 14.6 Å². The van der Waals surface area contributed by atoms with Gasteiger partial charge in [0, 0.05) is 12.3 Å². The first-order valence-corrected chi connectivity index (χ1v) is 6.72. The minimum absolute atomic E-state index is 0.263. The van der Waals surface area contributed by atoms with Crippen LogP contribution in [0.4, 0.5) is 5.69 Å². The number of phenolic OH excluding ortho intramolecular Hbond substituents is 1. The molecule has 4 nitrogen and oxygen atoms in total. The third-order valence-corrected chi connectivity index (χ3v) is 3.55. The predicted molar refractivity (Wildman–Crippen MR) is 80.6 cm³/mol. The van der Waals surface area contributed by atoms with Gasteiger partial charge in [-0.3, -0.25) is 4.99 Å². The van der Waals surface area contributed by atoms with Crippen molar-refractivity contribution in [2.45, 2.75) is 0 Å². The van der Waals surface area contributed by atoms with Crippen molar-refractivity contribution in [1.29, 1.82) is 0 Å². The Hall–Kier alpha value is -1.76. The topological polar surface area (TPSA) is 51.1 Å². The first kappa shape index (κ1) is 12.3. The van der Waals surface area contributed by atoms with Crippen LogP contribution < -0.4 is 9.47 Å². The average molecular weight is 367 g/mol. The second-order valence-electron chi connectivity index (χ2n) is 4.01. The van der Waals surface area contributed by atoms with Gasteiger partial charge in [0.05, 0.1) is 9.26 Å². The number of benzene rings is 2. The second-order valence-corrected chi connectivity index (χ2v) is 5.17. The molecule has 19 heavy (non-hydrogen) atoms. The van der Waals surface area contributed by atoms with E-state index in [-0.39, 0.29) is 12.5 Å². The summed E-state index contributed by atoms with van der Waals surface area (Å²) in [6.07, 6.45) is 1.75. The lowest BCUT2D eigenvalue weighted by Crippen LogP contribution is -1.92. The highest BCUT2D eigenvalue weighted by Crippen LogP contribution is 2.35. The summed E-state index contributed by atoms with van der Waals surface area (Å²) in [6.45, 7) is 0.263. The monoisotopic (exact) mass is 367 g/mol. The van der Waals surface area contributed by atoms with Crippen LogP contribution in [-0.4, -0.2) is 18.1 Å². The molecule has 0 radical (unpaired) electrons. The number of halogens is 1. The molecule has 1 aliphatic rings. The fourth-order valence-corrected chi connectivity index (χ4v) is 2.26. The summed E-state index contributed by atoms with van der Waals surface area (Å²) in [4.78, 5) is 4.38. The van der Waals surface area contributed by atoms with Crippen LogP contribution in [0, 0.1) is 3.57 Å². The summed E-state index contributed by atoms with van der Waals surface area (Å²) in [5.74, 6) is 1.74. The van der Waals surface area contributed by atoms with Crippen molar-refractivity contribution in [3.05, 3.63) is 45.5 Å². The van der Waals surface area contributed by atoms with Crippen LogP contribution in [0.3, 0.4) is 0 Å². The number of ether oxygens (including phenoxy) is 2. The van der Waals surface area contributed by atoms with E-state index >= 15 is 0 Å². The van der Waals surface area contributed by atoms with Gasteiger partial charge in [-0.25, -0.2) is 0 Å². The smallest absolute Gasteiger partial charge is 0.231 e. The first-order valence-electron chi connectivity index (χ1n) is 5.64. The molecule has 0 amide bonds. The Morgan fingerprint density at radius 2 is 1.95 bits per heavy atom. The molecule has 3 rings (SSSR count). The van der Waals surface area contributed by atoms with E-state index in [4.69, 9.17) is 9.47 Å². The van der Waals surface area contributed by atoms with Crippen LogP contribution >= 0.6 is 22.6 Å². The van der Waals surface area contributed by atoms with Crippen molar-refractivity contribution >= 4 is 34.5 Å². The number of fused-ring (bicyclic) bond motifs is 1. The Balaban J connectivity index is 1.84. The molecule has 0 spiro atoms. The molecule has 0 saturated heterocycles. The van der Waals surface area contributed by atoms with Crippen LogP contribution in [0.5, 0.6) is 17.2 Å². The Bertz CT molecular complexity index is 655. The number of hydrogen-bond acceptors (Lipinski definition) is 4. The van der Waals surface area contributed by atoms with E-state index in [0.717, 1.165) is 26.3 Å². The highest BCUT2D eigenvalue weighted by atomic mass is 127. The number of hydrogen-bond donors (Lipinski definition) is 1. The molecule has 1 N–H and O–H groups in total. The van der Waals surface area contributed by atoms with E-state index in [1.807, 2.05) is 30.3 Å². The van der Waals surface area contributed by atoms with E-state index in [1.165, 1.54) is 0 Å². The van der Waals surface area contributed by atoms with Gasteiger partial charge in [-0.1, -0.05) is 0 Å². The number of aromatic hydroxyl groups is 1. The standard InChI is InChI=1S/C14H10INO3/c15-11-5-9(1-3-12(11)17)7-16-10-2-4-13-14(6-10)19-8-18-13/h1-7,17H,8H2. The summed E-state index contributed by atoms with van der Waals surface area (Å²) in [7, 11) is 0. The van der Waals surface area contributed by atoms with Crippen molar-refractivity contribution in [3.8, 4) is 17.2 Å². The zero-order valence-corrected chi connectivity index (χ0v) is 12.0. The molecule has 1 aliphatic heterocycles. The van der Waals surface area contributed by atoms with Crippen molar-refractivity contribution in [2.24, 2.45) is 4.99 Å². The van der Waals surface area contributed by atoms with Gasteiger partial charge in [-0.05, 0) is 58.5 Å². The fraction of sp³-hybridized carbons (Fsp3) is 0.0714. The Labute approximate surface area is 123 Å². The van der Waals surface area contributed by atoms with Crippen LogP contribution in [0.25, 0.3) is 0 Å². The molecule has 0 saturated carbocycles. The molecule has 0 fully saturated rings. The van der Waals surface area contributed by atoms with Gasteiger partial charge in [0.2, 0.25) is 6.79 Å². The van der Waals surface area contributed by atoms with Crippen molar-refractivity contribution in [2.75, 3.05) is 6.79 Å². The minimum Gasteiger partial charge on any atom is -0.507 e. The number of aliphatic imine (C=N–C) groups is 1. The summed E-state index contributed by atoms with van der Waals surface area (Å²) < 4.78 is 11.3. The summed E-state index contributed by atoms with van der Waals surface area (Å²) in [6, 6.07) is 10.9. The maximum absolute atomic E-state index is 9.45. The number of nitrogens with zero attached hydrogens (tertiary/aromatic N) is 1. The third-order valence-electron chi connectivity index (χ3n) is 2.69. The Kier molecular flexibility index (Phi) is 3.29. The van der Waals surface area contributed by atoms with Gasteiger partial charge in [0.15, 0.2) is 11.5 Å². The van der Waals surface area contributed by atoms with Crippen molar-refractivity contribution in [1.82, 2.24) is 0 Å². The van der Waals surface area contributed by atoms with Crippen LogP contribution in [0.1, 0.15) is 5.56 Å². The molecule has 5 heteroatoms. The lowest BCUT2D eigenvalue weighted by Gasteiger charge is -1.99. The van der Waals surface area contributed by atoms with Gasteiger partial charge >= 0.3 is 0 Å². The van der Waals surface area contributed by atoms with E-state index in [0.29, 0.717) is 0 Å². The normalized spacial score (nSPS) is 13.1. The molecule has 96 valence electrons. The van der Waals surface area contributed by atoms with Crippen molar-refractivity contribution in [3.63, 3.8) is 0 Å². The minimum atomic E-state index is 0.263. The van der Waals surface area contributed by atoms with Crippen LogP contribution in [-0.2, 0) is 0 Å². The lowest BCUT2D eigenvalue weighted by molar-refractivity contribution is 0.174. The highest BCUT2D eigenvalue weighted by Gasteiger charge is 2.12. The Morgan fingerprint density at radius 1 is 1.11 bits per heavy atom. The van der Waals surface area contributed by atoms with Crippen LogP contribution in [0.2, 0.25) is 0 Å². The maximum atomic E-state index is 9.45. The Morgan fingerprint density at radius 3 is 2.79 bits per heavy atom. The molecule has 0 unspecified atom stereocenters. The van der Waals surface area contributed by atoms with Gasteiger partial charge < -0.3 is 14.6 Å². The highest BCUT2D eigenvalue weighted by molar-refractivity contribution is 14.1. The fourth-order valence-electron chi connectivity index (χ4n) is 1.72.